The molecule has 0 aliphatic heterocycles. The summed E-state index contributed by atoms with van der Waals surface area (Å²) in [6.07, 6.45) is 0. The van der Waals surface area contributed by atoms with Crippen LogP contribution in [0.3, 0.4) is 0 Å². The molecule has 0 heterocycles. The van der Waals surface area contributed by atoms with E-state index in [1.807, 2.05) is 47.6 Å². The van der Waals surface area contributed by atoms with E-state index < -0.39 is 48.4 Å². The highest BCUT2D eigenvalue weighted by Crippen LogP contribution is 2.37. The van der Waals surface area contributed by atoms with E-state index >= 15 is 0 Å². The third-order valence-electron chi connectivity index (χ3n) is 4.25. The van der Waals surface area contributed by atoms with Gasteiger partial charge in [0.25, 0.3) is 0 Å². The van der Waals surface area contributed by atoms with Crippen LogP contribution in [0.5, 0.6) is 5.75 Å². The molecule has 0 aliphatic rings. The van der Waals surface area contributed by atoms with E-state index in [0.717, 1.165) is 5.56 Å². The second-order valence-electron chi connectivity index (χ2n) is 8.49. The number of hydrogen-bond donors (Lipinski definition) is 1. The number of rotatable bonds is 2. The first kappa shape index (κ1) is 21.6. The smallest absolute Gasteiger partial charge is 0.200 e. The quantitative estimate of drug-likeness (QED) is 0.311. The number of benzene rings is 2. The van der Waals surface area contributed by atoms with Crippen LogP contribution < -0.4 is 10.6 Å². The van der Waals surface area contributed by atoms with E-state index in [9.17, 15) is 27.1 Å². The second-order valence-corrected chi connectivity index (χ2v) is 9.78. The number of phenols is 1. The fourth-order valence-electron chi connectivity index (χ4n) is 2.58. The molecule has 1 atom stereocenters. The predicted octanol–water partition coefficient (Wildman–Crippen LogP) is 5.31. The molecule has 0 fully saturated rings. The Morgan fingerprint density at radius 2 is 1.15 bits per heavy atom. The number of halogens is 5. The molecule has 0 saturated carbocycles. The molecular weight excluding hydrogens is 382 g/mol. The van der Waals surface area contributed by atoms with Gasteiger partial charge < -0.3 is 5.11 Å². The lowest BCUT2D eigenvalue weighted by Gasteiger charge is -2.27. The fraction of sp³-hybridized carbons (Fsp3) is 0.400. The molecule has 0 amide bonds. The van der Waals surface area contributed by atoms with E-state index in [4.69, 9.17) is 0 Å². The van der Waals surface area contributed by atoms with Gasteiger partial charge in [0, 0.05) is 10.9 Å². The molecule has 0 bridgehead atoms. The molecule has 148 valence electrons. The minimum atomic E-state index is -2.19. The third kappa shape index (κ3) is 4.11. The molecule has 0 radical (unpaired) electrons. The van der Waals surface area contributed by atoms with Gasteiger partial charge in [-0.3, -0.25) is 0 Å². The maximum absolute atomic E-state index is 14.1. The lowest BCUT2D eigenvalue weighted by atomic mass is 9.80. The SMILES string of the molecule is CC(C)(C)c1cc(Pc2c(F)c(F)c(F)c(F)c2F)c(O)c(C(C)(C)C)c1. The zero-order valence-electron chi connectivity index (χ0n) is 16.0. The van der Waals surface area contributed by atoms with Gasteiger partial charge in [-0.15, -0.1) is 0 Å². The van der Waals surface area contributed by atoms with Crippen LogP contribution in [-0.2, 0) is 10.8 Å². The Hall–Kier alpha value is -1.68. The van der Waals surface area contributed by atoms with Crippen LogP contribution in [0.15, 0.2) is 12.1 Å². The summed E-state index contributed by atoms with van der Waals surface area (Å²) in [7, 11) is -0.933. The summed E-state index contributed by atoms with van der Waals surface area (Å²) in [5.74, 6) is -10.1. The lowest BCUT2D eigenvalue weighted by Crippen LogP contribution is -2.23. The van der Waals surface area contributed by atoms with Gasteiger partial charge in [-0.25, -0.2) is 22.0 Å². The van der Waals surface area contributed by atoms with Crippen molar-refractivity contribution in [3.8, 4) is 5.75 Å². The zero-order valence-corrected chi connectivity index (χ0v) is 17.0. The highest BCUT2D eigenvalue weighted by molar-refractivity contribution is 7.55. The molecule has 1 nitrogen and oxygen atoms in total. The lowest BCUT2D eigenvalue weighted by molar-refractivity contribution is 0.384. The Morgan fingerprint density at radius 3 is 1.56 bits per heavy atom. The summed E-state index contributed by atoms with van der Waals surface area (Å²) in [6, 6.07) is 3.36. The standard InChI is InChI=1S/C20H22F5OP/c1-19(2,3)9-7-10(20(4,5)6)17(26)11(8-9)27-18-15(24)13(22)12(21)14(23)16(18)25/h7-8,26-27H,1-6H3. The first-order chi connectivity index (χ1) is 12.2. The van der Waals surface area contributed by atoms with Crippen molar-refractivity contribution in [3.63, 3.8) is 0 Å². The molecule has 7 heteroatoms. The minimum Gasteiger partial charge on any atom is -0.507 e. The van der Waals surface area contributed by atoms with Crippen molar-refractivity contribution in [2.45, 2.75) is 52.4 Å². The van der Waals surface area contributed by atoms with Gasteiger partial charge in [-0.2, -0.15) is 0 Å². The molecule has 0 aromatic heterocycles. The monoisotopic (exact) mass is 404 g/mol. The van der Waals surface area contributed by atoms with Crippen molar-refractivity contribution in [1.29, 1.82) is 0 Å². The molecule has 0 aliphatic carbocycles. The average molecular weight is 404 g/mol. The molecule has 1 N–H and O–H groups in total. The highest BCUT2D eigenvalue weighted by Gasteiger charge is 2.29. The number of phenolic OH excluding ortho intramolecular Hbond substituents is 1. The van der Waals surface area contributed by atoms with Gasteiger partial charge in [0.1, 0.15) is 5.75 Å². The zero-order chi connectivity index (χ0) is 20.9. The van der Waals surface area contributed by atoms with Gasteiger partial charge in [0.05, 0.1) is 5.30 Å². The summed E-state index contributed by atoms with van der Waals surface area (Å²) >= 11 is 0. The van der Waals surface area contributed by atoms with Crippen LogP contribution in [0.2, 0.25) is 0 Å². The van der Waals surface area contributed by atoms with Gasteiger partial charge in [0.15, 0.2) is 23.3 Å². The van der Waals surface area contributed by atoms with Crippen molar-refractivity contribution in [3.05, 3.63) is 52.3 Å². The Kier molecular flexibility index (Phi) is 5.64. The van der Waals surface area contributed by atoms with E-state index in [1.54, 1.807) is 6.07 Å². The minimum absolute atomic E-state index is 0.135. The molecule has 1 unspecified atom stereocenters. The average Bonchev–Trinajstić information content (AvgIpc) is 2.54. The molecule has 0 saturated heterocycles. The van der Waals surface area contributed by atoms with Crippen LogP contribution in [0, 0.1) is 29.1 Å². The maximum atomic E-state index is 14.1. The van der Waals surface area contributed by atoms with Gasteiger partial charge in [0.2, 0.25) is 5.82 Å². The second kappa shape index (κ2) is 7.05. The fourth-order valence-corrected chi connectivity index (χ4v) is 3.77. The van der Waals surface area contributed by atoms with E-state index in [1.165, 1.54) is 0 Å². The van der Waals surface area contributed by atoms with Crippen LogP contribution in [0.1, 0.15) is 52.7 Å². The molecule has 2 aromatic rings. The van der Waals surface area contributed by atoms with Crippen molar-refractivity contribution in [2.75, 3.05) is 0 Å². The molecule has 2 aromatic carbocycles. The Bertz CT molecular complexity index is 866. The van der Waals surface area contributed by atoms with E-state index in [-0.39, 0.29) is 16.5 Å². The normalized spacial score (nSPS) is 13.0. The Labute approximate surface area is 157 Å². The summed E-state index contributed by atoms with van der Waals surface area (Å²) in [6.45, 7) is 11.4. The van der Waals surface area contributed by atoms with Crippen molar-refractivity contribution in [1.82, 2.24) is 0 Å². The number of hydrogen-bond acceptors (Lipinski definition) is 1. The first-order valence-corrected chi connectivity index (χ1v) is 9.32. The van der Waals surface area contributed by atoms with Crippen LogP contribution in [0.25, 0.3) is 0 Å². The summed E-state index contributed by atoms with van der Waals surface area (Å²) in [5, 5.41) is 9.85. The predicted molar refractivity (Wildman–Crippen MR) is 99.3 cm³/mol. The van der Waals surface area contributed by atoms with Crippen LogP contribution in [0.4, 0.5) is 22.0 Å². The first-order valence-electron chi connectivity index (χ1n) is 8.32. The summed E-state index contributed by atoms with van der Waals surface area (Å²) < 4.78 is 68.5. The largest absolute Gasteiger partial charge is 0.507 e. The van der Waals surface area contributed by atoms with Gasteiger partial charge in [-0.1, -0.05) is 47.6 Å². The van der Waals surface area contributed by atoms with Gasteiger partial charge in [-0.05, 0) is 31.0 Å². The third-order valence-corrected chi connectivity index (χ3v) is 5.59. The Balaban J connectivity index is 2.74. The van der Waals surface area contributed by atoms with E-state index in [2.05, 4.69) is 0 Å². The Morgan fingerprint density at radius 1 is 0.704 bits per heavy atom. The van der Waals surface area contributed by atoms with Crippen molar-refractivity contribution < 1.29 is 27.1 Å². The summed E-state index contributed by atoms with van der Waals surface area (Å²) in [4.78, 5) is 0. The van der Waals surface area contributed by atoms with Crippen LogP contribution >= 0.6 is 8.58 Å². The molecule has 2 rings (SSSR count). The van der Waals surface area contributed by atoms with Crippen LogP contribution in [-0.4, -0.2) is 5.11 Å². The highest BCUT2D eigenvalue weighted by atomic mass is 31.1. The van der Waals surface area contributed by atoms with Crippen molar-refractivity contribution >= 4 is 19.2 Å². The molecule has 0 spiro atoms. The topological polar surface area (TPSA) is 20.2 Å². The van der Waals surface area contributed by atoms with Crippen molar-refractivity contribution in [2.24, 2.45) is 0 Å². The number of aromatic hydroxyl groups is 1. The van der Waals surface area contributed by atoms with E-state index in [0.29, 0.717) is 5.56 Å². The molecule has 27 heavy (non-hydrogen) atoms. The maximum Gasteiger partial charge on any atom is 0.200 e. The summed E-state index contributed by atoms with van der Waals surface area (Å²) in [5.41, 5.74) is 0.502. The molecular formula is C20H22F5OP. The van der Waals surface area contributed by atoms with Gasteiger partial charge >= 0.3 is 0 Å².